The van der Waals surface area contributed by atoms with Crippen molar-refractivity contribution in [3.05, 3.63) is 17.5 Å². The SMILES string of the molecule is N#CCc1ncc(C(F)F)c(N)c1N. The van der Waals surface area contributed by atoms with Gasteiger partial charge in [0.2, 0.25) is 0 Å². The minimum Gasteiger partial charge on any atom is -0.397 e. The monoisotopic (exact) mass is 198 g/mol. The van der Waals surface area contributed by atoms with E-state index in [1.165, 1.54) is 0 Å². The Kier molecular flexibility index (Phi) is 2.82. The second-order valence-electron chi connectivity index (χ2n) is 2.62. The summed E-state index contributed by atoms with van der Waals surface area (Å²) in [5, 5.41) is 8.38. The molecular formula is C8H8F2N4. The molecule has 0 aliphatic rings. The molecule has 0 fully saturated rings. The first-order valence-electron chi connectivity index (χ1n) is 3.75. The fourth-order valence-electron chi connectivity index (χ4n) is 0.987. The Bertz CT molecular complexity index is 384. The van der Waals surface area contributed by atoms with Crippen molar-refractivity contribution in [2.75, 3.05) is 11.5 Å². The largest absolute Gasteiger partial charge is 0.397 e. The van der Waals surface area contributed by atoms with Crippen LogP contribution in [0.4, 0.5) is 20.2 Å². The number of halogens is 2. The summed E-state index contributed by atoms with van der Waals surface area (Å²) in [6, 6.07) is 1.82. The molecule has 1 aromatic rings. The van der Waals surface area contributed by atoms with Crippen LogP contribution in [0.1, 0.15) is 17.7 Å². The van der Waals surface area contributed by atoms with E-state index < -0.39 is 12.0 Å². The molecule has 14 heavy (non-hydrogen) atoms. The molecule has 0 saturated heterocycles. The molecule has 1 heterocycles. The Balaban J connectivity index is 3.20. The van der Waals surface area contributed by atoms with Gasteiger partial charge in [-0.15, -0.1) is 0 Å². The van der Waals surface area contributed by atoms with E-state index in [-0.39, 0.29) is 23.5 Å². The van der Waals surface area contributed by atoms with E-state index in [4.69, 9.17) is 16.7 Å². The highest BCUT2D eigenvalue weighted by Gasteiger charge is 2.16. The van der Waals surface area contributed by atoms with Gasteiger partial charge in [-0.25, -0.2) is 8.78 Å². The fourth-order valence-corrected chi connectivity index (χ4v) is 0.987. The first-order chi connectivity index (χ1) is 6.57. The van der Waals surface area contributed by atoms with Gasteiger partial charge in [-0.05, 0) is 0 Å². The molecule has 0 amide bonds. The topological polar surface area (TPSA) is 88.7 Å². The van der Waals surface area contributed by atoms with Crippen molar-refractivity contribution < 1.29 is 8.78 Å². The summed E-state index contributed by atoms with van der Waals surface area (Å²) in [4.78, 5) is 3.64. The van der Waals surface area contributed by atoms with Crippen LogP contribution in [0.5, 0.6) is 0 Å². The second kappa shape index (κ2) is 3.87. The third kappa shape index (κ3) is 1.71. The Morgan fingerprint density at radius 2 is 2.07 bits per heavy atom. The van der Waals surface area contributed by atoms with Crippen molar-refractivity contribution in [2.24, 2.45) is 0 Å². The predicted molar refractivity (Wildman–Crippen MR) is 47.3 cm³/mol. The van der Waals surface area contributed by atoms with Crippen molar-refractivity contribution >= 4 is 11.4 Å². The zero-order valence-electron chi connectivity index (χ0n) is 7.17. The summed E-state index contributed by atoms with van der Waals surface area (Å²) in [7, 11) is 0. The molecule has 0 unspecified atom stereocenters. The third-order valence-electron chi connectivity index (χ3n) is 1.75. The lowest BCUT2D eigenvalue weighted by Gasteiger charge is -2.09. The molecule has 1 rings (SSSR count). The van der Waals surface area contributed by atoms with Crippen LogP contribution in [0.2, 0.25) is 0 Å². The van der Waals surface area contributed by atoms with Gasteiger partial charge in [0.25, 0.3) is 6.43 Å². The third-order valence-corrected chi connectivity index (χ3v) is 1.75. The number of rotatable bonds is 2. The van der Waals surface area contributed by atoms with Crippen LogP contribution in [0.3, 0.4) is 0 Å². The standard InChI is InChI=1S/C8H8F2N4/c9-8(10)4-3-14-5(1-2-11)7(13)6(4)12/h3,8H,1,13H2,(H2,12,14). The predicted octanol–water partition coefficient (Wildman–Crippen LogP) is 1.25. The van der Waals surface area contributed by atoms with Crippen molar-refractivity contribution in [1.29, 1.82) is 5.26 Å². The summed E-state index contributed by atoms with van der Waals surface area (Å²) in [6.45, 7) is 0. The summed E-state index contributed by atoms with van der Waals surface area (Å²) in [5.41, 5.74) is 10.4. The van der Waals surface area contributed by atoms with Crippen LogP contribution in [-0.2, 0) is 6.42 Å². The number of nitriles is 1. The van der Waals surface area contributed by atoms with E-state index in [0.29, 0.717) is 0 Å². The maximum Gasteiger partial charge on any atom is 0.267 e. The van der Waals surface area contributed by atoms with Gasteiger partial charge in [-0.2, -0.15) is 5.26 Å². The number of pyridine rings is 1. The van der Waals surface area contributed by atoms with Gasteiger partial charge in [0.05, 0.1) is 35.1 Å². The zero-order chi connectivity index (χ0) is 10.7. The molecule has 74 valence electrons. The number of nitrogens with two attached hydrogens (primary N) is 2. The van der Waals surface area contributed by atoms with E-state index in [1.54, 1.807) is 0 Å². The van der Waals surface area contributed by atoms with Gasteiger partial charge in [-0.3, -0.25) is 4.98 Å². The zero-order valence-corrected chi connectivity index (χ0v) is 7.17. The van der Waals surface area contributed by atoms with Crippen molar-refractivity contribution in [1.82, 2.24) is 4.98 Å². The summed E-state index contributed by atoms with van der Waals surface area (Å²) in [6.07, 6.45) is -1.80. The molecular weight excluding hydrogens is 190 g/mol. The van der Waals surface area contributed by atoms with E-state index >= 15 is 0 Å². The minimum absolute atomic E-state index is 0.0376. The molecule has 0 aliphatic heterocycles. The van der Waals surface area contributed by atoms with Crippen molar-refractivity contribution in [3.8, 4) is 6.07 Å². The van der Waals surface area contributed by atoms with Crippen LogP contribution >= 0.6 is 0 Å². The van der Waals surface area contributed by atoms with Gasteiger partial charge in [0.1, 0.15) is 0 Å². The molecule has 0 spiro atoms. The summed E-state index contributed by atoms with van der Waals surface area (Å²) < 4.78 is 24.6. The highest BCUT2D eigenvalue weighted by atomic mass is 19.3. The Morgan fingerprint density at radius 1 is 1.43 bits per heavy atom. The van der Waals surface area contributed by atoms with Crippen LogP contribution in [0, 0.1) is 11.3 Å². The molecule has 0 atom stereocenters. The molecule has 6 heteroatoms. The lowest BCUT2D eigenvalue weighted by Crippen LogP contribution is -2.06. The smallest absolute Gasteiger partial charge is 0.267 e. The van der Waals surface area contributed by atoms with E-state index in [1.807, 2.05) is 6.07 Å². The number of anilines is 2. The number of hydrogen-bond acceptors (Lipinski definition) is 4. The minimum atomic E-state index is -2.71. The highest BCUT2D eigenvalue weighted by Crippen LogP contribution is 2.29. The van der Waals surface area contributed by atoms with Crippen LogP contribution in [-0.4, -0.2) is 4.98 Å². The number of nitrogen functional groups attached to an aromatic ring is 2. The average Bonchev–Trinajstić information content (AvgIpc) is 2.13. The Labute approximate surface area is 79.1 Å². The van der Waals surface area contributed by atoms with Gasteiger partial charge in [0.15, 0.2) is 0 Å². The van der Waals surface area contributed by atoms with E-state index in [2.05, 4.69) is 4.98 Å². The number of hydrogen-bond donors (Lipinski definition) is 2. The Morgan fingerprint density at radius 3 is 2.57 bits per heavy atom. The van der Waals surface area contributed by atoms with Crippen molar-refractivity contribution in [2.45, 2.75) is 12.8 Å². The molecule has 4 N–H and O–H groups in total. The average molecular weight is 198 g/mol. The summed E-state index contributed by atoms with van der Waals surface area (Å²) >= 11 is 0. The highest BCUT2D eigenvalue weighted by molar-refractivity contribution is 5.69. The molecule has 0 saturated carbocycles. The first-order valence-corrected chi connectivity index (χ1v) is 3.75. The van der Waals surface area contributed by atoms with E-state index in [9.17, 15) is 8.78 Å². The van der Waals surface area contributed by atoms with Gasteiger partial charge >= 0.3 is 0 Å². The molecule has 0 aromatic carbocycles. The molecule has 0 bridgehead atoms. The second-order valence-corrected chi connectivity index (χ2v) is 2.62. The molecule has 4 nitrogen and oxygen atoms in total. The maximum absolute atomic E-state index is 12.3. The van der Waals surface area contributed by atoms with Gasteiger partial charge < -0.3 is 11.5 Å². The van der Waals surface area contributed by atoms with Gasteiger partial charge in [-0.1, -0.05) is 0 Å². The quantitative estimate of drug-likeness (QED) is 0.748. The first kappa shape index (κ1) is 10.2. The lowest BCUT2D eigenvalue weighted by molar-refractivity contribution is 0.152. The van der Waals surface area contributed by atoms with Gasteiger partial charge in [0, 0.05) is 6.20 Å². The van der Waals surface area contributed by atoms with Crippen LogP contribution < -0.4 is 11.5 Å². The normalized spacial score (nSPS) is 10.1. The lowest BCUT2D eigenvalue weighted by atomic mass is 10.1. The molecule has 0 aliphatic carbocycles. The van der Waals surface area contributed by atoms with E-state index in [0.717, 1.165) is 6.20 Å². The van der Waals surface area contributed by atoms with Crippen LogP contribution in [0.25, 0.3) is 0 Å². The maximum atomic E-state index is 12.3. The number of aromatic nitrogens is 1. The Hall–Kier alpha value is -1.90. The summed E-state index contributed by atoms with van der Waals surface area (Å²) in [5.74, 6) is 0. The van der Waals surface area contributed by atoms with Crippen molar-refractivity contribution in [3.63, 3.8) is 0 Å². The molecule has 0 radical (unpaired) electrons. The molecule has 1 aromatic heterocycles. The van der Waals surface area contributed by atoms with Crippen LogP contribution in [0.15, 0.2) is 6.20 Å². The number of nitrogens with zero attached hydrogens (tertiary/aromatic N) is 2. The number of alkyl halides is 2. The fraction of sp³-hybridized carbons (Fsp3) is 0.250.